The highest BCUT2D eigenvalue weighted by Crippen LogP contribution is 2.38. The number of aldehydes is 1. The Morgan fingerprint density at radius 2 is 2.11 bits per heavy atom. The third kappa shape index (κ3) is 4.78. The van der Waals surface area contributed by atoms with E-state index in [0.29, 0.717) is 12.0 Å². The van der Waals surface area contributed by atoms with Crippen LogP contribution in [0.15, 0.2) is 24.5 Å². The van der Waals surface area contributed by atoms with E-state index in [-0.39, 0.29) is 35.6 Å². The molecule has 2 aromatic heterocycles. The van der Waals surface area contributed by atoms with Crippen molar-refractivity contribution in [1.29, 1.82) is 0 Å². The summed E-state index contributed by atoms with van der Waals surface area (Å²) in [5.41, 5.74) is 0.733. The standard InChI is InChI=1S/C18H20F3N3O3/c19-18(20,21)11-24-15(5-6-23-24)14-4-2-1-3-12(14)10-27-16-8-22-17(26)7-13(16)9-25/h5-9,12,14H,1-4,10-11H2,(H,22,26). The normalized spacial score (nSPS) is 20.4. The van der Waals surface area contributed by atoms with E-state index in [2.05, 4.69) is 10.1 Å². The SMILES string of the molecule is O=Cc1cc(O)ncc1OCC1CCCCC1c1ccnn1CC(F)(F)F. The number of rotatable bonds is 6. The van der Waals surface area contributed by atoms with Gasteiger partial charge in [0.2, 0.25) is 5.88 Å². The van der Waals surface area contributed by atoms with Gasteiger partial charge < -0.3 is 9.84 Å². The van der Waals surface area contributed by atoms with Crippen LogP contribution in [0.25, 0.3) is 0 Å². The fourth-order valence-corrected chi connectivity index (χ4v) is 3.61. The molecule has 6 nitrogen and oxygen atoms in total. The minimum Gasteiger partial charge on any atom is -0.493 e. The maximum absolute atomic E-state index is 12.8. The molecule has 1 saturated carbocycles. The number of halogens is 3. The maximum atomic E-state index is 12.8. The lowest BCUT2D eigenvalue weighted by atomic mass is 9.78. The first-order chi connectivity index (χ1) is 12.9. The molecule has 0 saturated heterocycles. The molecule has 2 unspecified atom stereocenters. The molecule has 0 spiro atoms. The average molecular weight is 383 g/mol. The zero-order chi connectivity index (χ0) is 19.4. The molecule has 0 aliphatic heterocycles. The minimum absolute atomic E-state index is 0.00395. The van der Waals surface area contributed by atoms with Crippen LogP contribution < -0.4 is 4.74 Å². The highest BCUT2D eigenvalue weighted by atomic mass is 19.4. The molecule has 2 atom stereocenters. The quantitative estimate of drug-likeness (QED) is 0.770. The molecule has 27 heavy (non-hydrogen) atoms. The lowest BCUT2D eigenvalue weighted by Crippen LogP contribution is -2.28. The zero-order valence-corrected chi connectivity index (χ0v) is 14.5. The number of ether oxygens (including phenoxy) is 1. The number of aromatic hydroxyl groups is 1. The first-order valence-electron chi connectivity index (χ1n) is 8.73. The molecule has 1 aliphatic rings. The van der Waals surface area contributed by atoms with Crippen molar-refractivity contribution in [3.63, 3.8) is 0 Å². The second-order valence-electron chi connectivity index (χ2n) is 6.69. The molecule has 1 fully saturated rings. The Kier molecular flexibility index (Phi) is 5.67. The van der Waals surface area contributed by atoms with Gasteiger partial charge in [-0.25, -0.2) is 4.98 Å². The number of aromatic nitrogens is 3. The van der Waals surface area contributed by atoms with Gasteiger partial charge >= 0.3 is 6.18 Å². The van der Waals surface area contributed by atoms with E-state index in [1.165, 1.54) is 18.5 Å². The van der Waals surface area contributed by atoms with Crippen LogP contribution in [0.3, 0.4) is 0 Å². The van der Waals surface area contributed by atoms with Crippen LogP contribution in [0, 0.1) is 5.92 Å². The third-order valence-electron chi connectivity index (χ3n) is 4.83. The van der Waals surface area contributed by atoms with E-state index in [0.717, 1.165) is 30.4 Å². The molecular weight excluding hydrogens is 363 g/mol. The van der Waals surface area contributed by atoms with Gasteiger partial charge in [-0.3, -0.25) is 9.48 Å². The minimum atomic E-state index is -4.34. The lowest BCUT2D eigenvalue weighted by molar-refractivity contribution is -0.143. The highest BCUT2D eigenvalue weighted by Gasteiger charge is 2.34. The van der Waals surface area contributed by atoms with E-state index >= 15 is 0 Å². The van der Waals surface area contributed by atoms with Crippen LogP contribution >= 0.6 is 0 Å². The Morgan fingerprint density at radius 1 is 1.33 bits per heavy atom. The third-order valence-corrected chi connectivity index (χ3v) is 4.83. The topological polar surface area (TPSA) is 77.2 Å². The van der Waals surface area contributed by atoms with Gasteiger partial charge in [0.05, 0.1) is 18.4 Å². The molecule has 9 heteroatoms. The average Bonchev–Trinajstić information content (AvgIpc) is 3.06. The first kappa shape index (κ1) is 19.2. The van der Waals surface area contributed by atoms with Gasteiger partial charge in [-0.05, 0) is 18.9 Å². The zero-order valence-electron chi connectivity index (χ0n) is 14.5. The van der Waals surface area contributed by atoms with Crippen LogP contribution in [0.1, 0.15) is 47.7 Å². The van der Waals surface area contributed by atoms with Gasteiger partial charge in [0.25, 0.3) is 0 Å². The molecule has 1 N–H and O–H groups in total. The summed E-state index contributed by atoms with van der Waals surface area (Å²) in [6.07, 6.45) is 2.35. The van der Waals surface area contributed by atoms with Crippen molar-refractivity contribution in [2.24, 2.45) is 5.92 Å². The first-order valence-corrected chi connectivity index (χ1v) is 8.73. The van der Waals surface area contributed by atoms with Crippen molar-refractivity contribution in [1.82, 2.24) is 14.8 Å². The Hall–Kier alpha value is -2.58. The molecule has 2 aromatic rings. The molecule has 1 aliphatic carbocycles. The predicted molar refractivity (Wildman–Crippen MR) is 89.8 cm³/mol. The summed E-state index contributed by atoms with van der Waals surface area (Å²) in [4.78, 5) is 14.8. The monoisotopic (exact) mass is 383 g/mol. The molecule has 0 radical (unpaired) electrons. The van der Waals surface area contributed by atoms with Crippen molar-refractivity contribution in [3.05, 3.63) is 35.8 Å². The van der Waals surface area contributed by atoms with E-state index in [1.807, 2.05) is 0 Å². The summed E-state index contributed by atoms with van der Waals surface area (Å²) >= 11 is 0. The number of hydrogen-bond acceptors (Lipinski definition) is 5. The van der Waals surface area contributed by atoms with Gasteiger partial charge in [0.15, 0.2) is 6.29 Å². The molecule has 0 bridgehead atoms. The van der Waals surface area contributed by atoms with Crippen LogP contribution in [-0.4, -0.2) is 38.9 Å². The van der Waals surface area contributed by atoms with Gasteiger partial charge in [-0.1, -0.05) is 12.8 Å². The van der Waals surface area contributed by atoms with Gasteiger partial charge in [0, 0.05) is 29.8 Å². The van der Waals surface area contributed by atoms with Crippen molar-refractivity contribution in [2.75, 3.05) is 6.61 Å². The summed E-state index contributed by atoms with van der Waals surface area (Å²) in [7, 11) is 0. The van der Waals surface area contributed by atoms with Crippen LogP contribution in [0.5, 0.6) is 11.6 Å². The Morgan fingerprint density at radius 3 is 2.85 bits per heavy atom. The summed E-state index contributed by atoms with van der Waals surface area (Å²) in [5.74, 6) is -0.143. The Labute approximate surface area is 154 Å². The molecule has 146 valence electrons. The van der Waals surface area contributed by atoms with Crippen molar-refractivity contribution >= 4 is 6.29 Å². The number of carbonyl (C=O) groups excluding carboxylic acids is 1. The van der Waals surface area contributed by atoms with Crippen LogP contribution in [0.4, 0.5) is 13.2 Å². The number of nitrogens with zero attached hydrogens (tertiary/aromatic N) is 3. The van der Waals surface area contributed by atoms with E-state index in [1.54, 1.807) is 6.07 Å². The number of alkyl halides is 3. The predicted octanol–water partition coefficient (Wildman–Crippen LogP) is 3.71. The van der Waals surface area contributed by atoms with Gasteiger partial charge in [-0.2, -0.15) is 18.3 Å². The summed E-state index contributed by atoms with van der Waals surface area (Å²) in [6, 6.07) is 2.84. The van der Waals surface area contributed by atoms with E-state index < -0.39 is 12.7 Å². The number of pyridine rings is 1. The summed E-state index contributed by atoms with van der Waals surface area (Å²) in [6.45, 7) is -0.869. The van der Waals surface area contributed by atoms with Gasteiger partial charge in [-0.15, -0.1) is 0 Å². The Balaban J connectivity index is 1.75. The summed E-state index contributed by atoms with van der Waals surface area (Å²) < 4.78 is 45.2. The van der Waals surface area contributed by atoms with Crippen molar-refractivity contribution in [2.45, 2.75) is 44.3 Å². The Bertz CT molecular complexity index is 792. The molecule has 0 aromatic carbocycles. The highest BCUT2D eigenvalue weighted by molar-refractivity contribution is 5.79. The van der Waals surface area contributed by atoms with Crippen LogP contribution in [0.2, 0.25) is 0 Å². The van der Waals surface area contributed by atoms with Crippen LogP contribution in [-0.2, 0) is 6.54 Å². The smallest absolute Gasteiger partial charge is 0.408 e. The second kappa shape index (κ2) is 7.98. The summed E-state index contributed by atoms with van der Waals surface area (Å²) in [5, 5.41) is 13.2. The fraction of sp³-hybridized carbons (Fsp3) is 0.500. The van der Waals surface area contributed by atoms with Crippen molar-refractivity contribution in [3.8, 4) is 11.6 Å². The molecule has 0 amide bonds. The number of hydrogen-bond donors (Lipinski definition) is 1. The molecule has 3 rings (SSSR count). The second-order valence-corrected chi connectivity index (χ2v) is 6.69. The largest absolute Gasteiger partial charge is 0.493 e. The molecular formula is C18H20F3N3O3. The lowest BCUT2D eigenvalue weighted by Gasteiger charge is -2.32. The molecule has 2 heterocycles. The van der Waals surface area contributed by atoms with E-state index in [4.69, 9.17) is 4.74 Å². The van der Waals surface area contributed by atoms with Crippen molar-refractivity contribution < 1.29 is 27.8 Å². The fourth-order valence-electron chi connectivity index (χ4n) is 3.61. The van der Waals surface area contributed by atoms with Gasteiger partial charge in [0.1, 0.15) is 12.3 Å². The van der Waals surface area contributed by atoms with E-state index in [9.17, 15) is 23.1 Å². The number of carbonyl (C=O) groups is 1. The maximum Gasteiger partial charge on any atom is 0.408 e.